The number of benzene rings is 2. The highest BCUT2D eigenvalue weighted by atomic mass is 32.2. The van der Waals surface area contributed by atoms with Crippen LogP contribution in [0.5, 0.6) is 5.75 Å². The van der Waals surface area contributed by atoms with Gasteiger partial charge in [0.2, 0.25) is 15.9 Å². The maximum Gasteiger partial charge on any atom is 0.268 e. The number of rotatable bonds is 5. The van der Waals surface area contributed by atoms with Crippen LogP contribution in [0.25, 0.3) is 0 Å². The molecule has 30 heavy (non-hydrogen) atoms. The number of fused-ring (bicyclic) bond motifs is 1. The Morgan fingerprint density at radius 3 is 2.57 bits per heavy atom. The summed E-state index contributed by atoms with van der Waals surface area (Å²) in [6.07, 6.45) is 0.437. The minimum Gasteiger partial charge on any atom is -0.492 e. The molecule has 4 rings (SSSR count). The van der Waals surface area contributed by atoms with Crippen molar-refractivity contribution < 1.29 is 26.4 Å². The molecule has 0 spiro atoms. The Morgan fingerprint density at radius 1 is 1.17 bits per heavy atom. The van der Waals surface area contributed by atoms with E-state index in [4.69, 9.17) is 4.74 Å². The summed E-state index contributed by atoms with van der Waals surface area (Å²) in [7, 11) is -7.91. The first-order chi connectivity index (χ1) is 14.2. The normalized spacial score (nSPS) is 20.5. The van der Waals surface area contributed by atoms with Crippen molar-refractivity contribution in [2.24, 2.45) is 0 Å². The van der Waals surface area contributed by atoms with Gasteiger partial charge in [-0.15, -0.1) is 0 Å². The molecule has 2 heterocycles. The number of amides is 1. The number of carbonyl (C=O) groups is 1. The van der Waals surface area contributed by atoms with Crippen molar-refractivity contribution in [1.82, 2.24) is 0 Å². The first-order valence-corrected chi connectivity index (χ1v) is 12.7. The number of sulfonamides is 2. The Morgan fingerprint density at radius 2 is 1.90 bits per heavy atom. The van der Waals surface area contributed by atoms with Crippen LogP contribution < -0.4 is 13.3 Å². The molecule has 2 aliphatic rings. The molecule has 160 valence electrons. The van der Waals surface area contributed by atoms with Crippen LogP contribution in [0.15, 0.2) is 47.4 Å². The van der Waals surface area contributed by atoms with Gasteiger partial charge in [0.25, 0.3) is 10.0 Å². The highest BCUT2D eigenvalue weighted by Gasteiger charge is 2.40. The fraction of sp³-hybridized carbons (Fsp3) is 0.350. The molecule has 10 heteroatoms. The van der Waals surface area contributed by atoms with Gasteiger partial charge in [-0.3, -0.25) is 9.10 Å². The van der Waals surface area contributed by atoms with Crippen molar-refractivity contribution in [1.29, 1.82) is 0 Å². The molecule has 1 atom stereocenters. The van der Waals surface area contributed by atoms with E-state index in [1.807, 2.05) is 19.1 Å². The first-order valence-electron chi connectivity index (χ1n) is 9.62. The average molecular weight is 451 g/mol. The zero-order valence-electron chi connectivity index (χ0n) is 16.6. The average Bonchev–Trinajstić information content (AvgIpc) is 3.17. The van der Waals surface area contributed by atoms with Gasteiger partial charge in [0, 0.05) is 12.5 Å². The number of para-hydroxylation sites is 1. The monoisotopic (exact) mass is 450 g/mol. The van der Waals surface area contributed by atoms with E-state index < -0.39 is 26.0 Å². The third kappa shape index (κ3) is 3.24. The smallest absolute Gasteiger partial charge is 0.268 e. The molecule has 0 radical (unpaired) electrons. The summed E-state index contributed by atoms with van der Waals surface area (Å²) in [5.41, 5.74) is 1.50. The van der Waals surface area contributed by atoms with Crippen LogP contribution >= 0.6 is 0 Å². The van der Waals surface area contributed by atoms with Crippen molar-refractivity contribution in [3.8, 4) is 5.75 Å². The van der Waals surface area contributed by atoms with Crippen molar-refractivity contribution in [3.05, 3.63) is 48.0 Å². The topological polar surface area (TPSA) is 101 Å². The molecule has 0 aromatic heterocycles. The number of nitrogens with zero attached hydrogens (tertiary/aromatic N) is 2. The number of carbonyl (C=O) groups excluding carboxylic acids is 1. The van der Waals surface area contributed by atoms with Gasteiger partial charge in [0.15, 0.2) is 0 Å². The van der Waals surface area contributed by atoms with Gasteiger partial charge in [0.1, 0.15) is 10.6 Å². The second kappa shape index (κ2) is 7.28. The number of hydrogen-bond donors (Lipinski definition) is 0. The quantitative estimate of drug-likeness (QED) is 0.693. The Balaban J connectivity index is 1.88. The third-order valence-corrected chi connectivity index (χ3v) is 8.86. The fourth-order valence-corrected chi connectivity index (χ4v) is 7.28. The Kier molecular flexibility index (Phi) is 5.01. The Hall–Kier alpha value is -2.59. The zero-order valence-corrected chi connectivity index (χ0v) is 18.2. The molecule has 1 unspecified atom stereocenters. The highest BCUT2D eigenvalue weighted by Crippen LogP contribution is 2.40. The predicted octanol–water partition coefficient (Wildman–Crippen LogP) is 2.29. The second-order valence-corrected chi connectivity index (χ2v) is 11.0. The van der Waals surface area contributed by atoms with E-state index in [1.165, 1.54) is 22.5 Å². The first kappa shape index (κ1) is 20.7. The van der Waals surface area contributed by atoms with Crippen molar-refractivity contribution in [2.45, 2.75) is 37.6 Å². The van der Waals surface area contributed by atoms with Gasteiger partial charge < -0.3 is 4.74 Å². The summed E-state index contributed by atoms with van der Waals surface area (Å²) in [4.78, 5) is 12.0. The van der Waals surface area contributed by atoms with Crippen LogP contribution in [-0.4, -0.2) is 41.1 Å². The molecule has 8 nitrogen and oxygen atoms in total. The van der Waals surface area contributed by atoms with Gasteiger partial charge >= 0.3 is 0 Å². The second-order valence-electron chi connectivity index (χ2n) is 7.27. The molecule has 1 saturated heterocycles. The maximum absolute atomic E-state index is 13.7. The predicted molar refractivity (Wildman–Crippen MR) is 113 cm³/mol. The molecule has 2 aromatic rings. The summed E-state index contributed by atoms with van der Waals surface area (Å²) >= 11 is 0. The summed E-state index contributed by atoms with van der Waals surface area (Å²) in [5.74, 6) is -0.762. The molecule has 2 aliphatic heterocycles. The van der Waals surface area contributed by atoms with Crippen molar-refractivity contribution in [3.63, 3.8) is 0 Å². The SMILES string of the molecule is CCOc1ccc(N2C(=O)CCS2(=O)=O)cc1S(=O)(=O)N1c2ccccc2CC1C. The standard InChI is InChI=1S/C20H22N2O6S2/c1-3-28-18-9-8-16(22-20(23)10-11-29(22,24)25)13-19(18)30(26,27)21-14(2)12-15-6-4-5-7-17(15)21/h4-9,13-14H,3,10-12H2,1-2H3. The molecule has 0 N–H and O–H groups in total. The van der Waals surface area contributed by atoms with E-state index in [0.717, 1.165) is 5.56 Å². The van der Waals surface area contributed by atoms with Crippen molar-refractivity contribution >= 4 is 37.3 Å². The van der Waals surface area contributed by atoms with Crippen LogP contribution in [0.4, 0.5) is 11.4 Å². The van der Waals surface area contributed by atoms with Gasteiger partial charge in [-0.05, 0) is 50.1 Å². The van der Waals surface area contributed by atoms with E-state index in [0.29, 0.717) is 16.4 Å². The van der Waals surface area contributed by atoms with Crippen molar-refractivity contribution in [2.75, 3.05) is 21.0 Å². The summed E-state index contributed by atoms with van der Waals surface area (Å²) in [5, 5.41) is 0. The largest absolute Gasteiger partial charge is 0.492 e. The summed E-state index contributed by atoms with van der Waals surface area (Å²) < 4.78 is 59.6. The van der Waals surface area contributed by atoms with Crippen LogP contribution in [0.1, 0.15) is 25.8 Å². The Bertz CT molecular complexity index is 1220. The van der Waals surface area contributed by atoms with E-state index >= 15 is 0 Å². The van der Waals surface area contributed by atoms with Gasteiger partial charge in [-0.25, -0.2) is 21.1 Å². The summed E-state index contributed by atoms with van der Waals surface area (Å²) in [6.45, 7) is 3.78. The summed E-state index contributed by atoms with van der Waals surface area (Å²) in [6, 6.07) is 11.0. The number of anilines is 2. The lowest BCUT2D eigenvalue weighted by Crippen LogP contribution is -2.36. The van der Waals surface area contributed by atoms with Gasteiger partial charge in [-0.2, -0.15) is 0 Å². The minimum atomic E-state index is -4.09. The van der Waals surface area contributed by atoms with E-state index in [2.05, 4.69) is 0 Å². The molecule has 0 bridgehead atoms. The molecular weight excluding hydrogens is 428 g/mol. The highest BCUT2D eigenvalue weighted by molar-refractivity contribution is 7.94. The van der Waals surface area contributed by atoms with Gasteiger partial charge in [0.05, 0.1) is 23.7 Å². The lowest BCUT2D eigenvalue weighted by molar-refractivity contribution is -0.116. The van der Waals surface area contributed by atoms with Crippen LogP contribution in [0.3, 0.4) is 0 Å². The van der Waals surface area contributed by atoms with E-state index in [-0.39, 0.29) is 41.2 Å². The zero-order chi connectivity index (χ0) is 21.7. The lowest BCUT2D eigenvalue weighted by Gasteiger charge is -2.26. The molecule has 1 fully saturated rings. The Labute approximate surface area is 176 Å². The molecular formula is C20H22N2O6S2. The van der Waals surface area contributed by atoms with Gasteiger partial charge in [-0.1, -0.05) is 18.2 Å². The third-order valence-electron chi connectivity index (χ3n) is 5.22. The lowest BCUT2D eigenvalue weighted by atomic mass is 10.1. The maximum atomic E-state index is 13.7. The van der Waals surface area contributed by atoms with Crippen LogP contribution in [0.2, 0.25) is 0 Å². The van der Waals surface area contributed by atoms with Crippen LogP contribution in [-0.2, 0) is 31.3 Å². The number of hydrogen-bond acceptors (Lipinski definition) is 6. The molecule has 2 aromatic carbocycles. The minimum absolute atomic E-state index is 0.000312. The number of ether oxygens (including phenoxy) is 1. The van der Waals surface area contributed by atoms with E-state index in [9.17, 15) is 21.6 Å². The van der Waals surface area contributed by atoms with Crippen LogP contribution in [0, 0.1) is 0 Å². The fourth-order valence-electron chi connectivity index (χ4n) is 3.98. The molecule has 0 aliphatic carbocycles. The molecule has 0 saturated carbocycles. The molecule has 1 amide bonds. The van der Waals surface area contributed by atoms with E-state index in [1.54, 1.807) is 19.1 Å².